The summed E-state index contributed by atoms with van der Waals surface area (Å²) in [6.07, 6.45) is 0.873. The molecule has 0 aliphatic carbocycles. The molecular formula is C16H22N2O4. The summed E-state index contributed by atoms with van der Waals surface area (Å²) in [6, 6.07) is 7.11. The highest BCUT2D eigenvalue weighted by Gasteiger charge is 2.38. The molecule has 2 N–H and O–H groups in total. The number of methoxy groups -OCH3 is 1. The van der Waals surface area contributed by atoms with Gasteiger partial charge in [0.25, 0.3) is 0 Å². The van der Waals surface area contributed by atoms with Crippen LogP contribution in [0.1, 0.15) is 24.4 Å². The van der Waals surface area contributed by atoms with Crippen LogP contribution in [-0.2, 0) is 9.59 Å². The largest absolute Gasteiger partial charge is 0.497 e. The summed E-state index contributed by atoms with van der Waals surface area (Å²) >= 11 is 0. The molecule has 2 amide bonds. The van der Waals surface area contributed by atoms with Crippen LogP contribution in [0.2, 0.25) is 0 Å². The summed E-state index contributed by atoms with van der Waals surface area (Å²) in [4.78, 5) is 26.0. The number of hydrogen-bond donors (Lipinski definition) is 2. The molecule has 2 atom stereocenters. The number of aliphatic hydroxyl groups is 1. The molecule has 6 nitrogen and oxygen atoms in total. The van der Waals surface area contributed by atoms with Gasteiger partial charge in [-0.25, -0.2) is 0 Å². The number of amides is 2. The number of carbonyl (C=O) groups is 2. The van der Waals surface area contributed by atoms with Crippen LogP contribution in [0.5, 0.6) is 5.75 Å². The summed E-state index contributed by atoms with van der Waals surface area (Å²) in [5.74, 6) is 0.318. The summed E-state index contributed by atoms with van der Waals surface area (Å²) in [5, 5.41) is 11.6. The van der Waals surface area contributed by atoms with Crippen molar-refractivity contribution >= 4 is 11.8 Å². The van der Waals surface area contributed by atoms with E-state index >= 15 is 0 Å². The summed E-state index contributed by atoms with van der Waals surface area (Å²) in [7, 11) is 3.32. The molecule has 22 heavy (non-hydrogen) atoms. The van der Waals surface area contributed by atoms with Gasteiger partial charge < -0.3 is 20.1 Å². The lowest BCUT2D eigenvalue weighted by molar-refractivity contribution is -0.141. The summed E-state index contributed by atoms with van der Waals surface area (Å²) < 4.78 is 5.14. The van der Waals surface area contributed by atoms with Crippen LogP contribution >= 0.6 is 0 Å². The van der Waals surface area contributed by atoms with E-state index in [-0.39, 0.29) is 36.9 Å². The predicted molar refractivity (Wildman–Crippen MR) is 81.3 cm³/mol. The Balaban J connectivity index is 2.26. The van der Waals surface area contributed by atoms with Crippen LogP contribution in [0.25, 0.3) is 0 Å². The molecule has 1 aromatic carbocycles. The monoisotopic (exact) mass is 306 g/mol. The second-order valence-electron chi connectivity index (χ2n) is 5.38. The number of benzene rings is 1. The summed E-state index contributed by atoms with van der Waals surface area (Å²) in [5.41, 5.74) is 0.903. The van der Waals surface area contributed by atoms with Gasteiger partial charge in [0.15, 0.2) is 0 Å². The quantitative estimate of drug-likeness (QED) is 0.840. The molecule has 0 saturated carbocycles. The van der Waals surface area contributed by atoms with Gasteiger partial charge in [-0.15, -0.1) is 0 Å². The van der Waals surface area contributed by atoms with Crippen molar-refractivity contribution in [3.63, 3.8) is 0 Å². The van der Waals surface area contributed by atoms with Crippen LogP contribution in [0, 0.1) is 5.92 Å². The second-order valence-corrected chi connectivity index (χ2v) is 5.38. The van der Waals surface area contributed by atoms with E-state index in [1.807, 2.05) is 24.3 Å². The van der Waals surface area contributed by atoms with Gasteiger partial charge in [-0.1, -0.05) is 12.1 Å². The molecule has 1 fully saturated rings. The number of nitrogens with one attached hydrogen (secondary N) is 1. The zero-order valence-corrected chi connectivity index (χ0v) is 12.9. The van der Waals surface area contributed by atoms with E-state index < -0.39 is 0 Å². The summed E-state index contributed by atoms with van der Waals surface area (Å²) in [6.45, 7) is 0.128. The lowest BCUT2D eigenvalue weighted by Gasteiger charge is -2.38. The van der Waals surface area contributed by atoms with Crippen molar-refractivity contribution in [1.82, 2.24) is 10.2 Å². The van der Waals surface area contributed by atoms with Crippen LogP contribution in [0.4, 0.5) is 0 Å². The first-order valence-electron chi connectivity index (χ1n) is 7.36. The van der Waals surface area contributed by atoms with Crippen LogP contribution in [0.15, 0.2) is 24.3 Å². The highest BCUT2D eigenvalue weighted by atomic mass is 16.5. The van der Waals surface area contributed by atoms with Gasteiger partial charge in [-0.2, -0.15) is 0 Å². The van der Waals surface area contributed by atoms with Gasteiger partial charge in [0.1, 0.15) is 5.75 Å². The zero-order chi connectivity index (χ0) is 16.1. The van der Waals surface area contributed by atoms with E-state index in [1.54, 1.807) is 19.1 Å². The molecule has 1 saturated heterocycles. The molecule has 6 heteroatoms. The smallest absolute Gasteiger partial charge is 0.225 e. The molecule has 0 aromatic heterocycles. The van der Waals surface area contributed by atoms with Crippen molar-refractivity contribution in [3.05, 3.63) is 29.8 Å². The van der Waals surface area contributed by atoms with E-state index in [0.29, 0.717) is 12.8 Å². The number of hydrogen-bond acceptors (Lipinski definition) is 4. The van der Waals surface area contributed by atoms with Gasteiger partial charge in [0.05, 0.1) is 25.7 Å². The fraction of sp³-hybridized carbons (Fsp3) is 0.500. The van der Waals surface area contributed by atoms with Crippen molar-refractivity contribution < 1.29 is 19.4 Å². The first kappa shape index (κ1) is 16.3. The Labute approximate surface area is 130 Å². The van der Waals surface area contributed by atoms with Crippen molar-refractivity contribution in [2.75, 3.05) is 27.3 Å². The van der Waals surface area contributed by atoms with Gasteiger partial charge in [0.2, 0.25) is 11.8 Å². The molecule has 1 aliphatic heterocycles. The topological polar surface area (TPSA) is 78.9 Å². The van der Waals surface area contributed by atoms with E-state index in [1.165, 1.54) is 0 Å². The lowest BCUT2D eigenvalue weighted by Crippen LogP contribution is -2.46. The first-order chi connectivity index (χ1) is 10.6. The third-order valence-corrected chi connectivity index (χ3v) is 4.07. The standard InChI is InChI=1S/C16H22N2O4/c1-18-14(20)8-7-13(16(21)17-9-10-19)15(18)11-3-5-12(22-2)6-4-11/h3-6,13,15,19H,7-10H2,1-2H3,(H,17,21)/t13-,15+/m0/s1. The average molecular weight is 306 g/mol. The minimum absolute atomic E-state index is 0.0343. The highest BCUT2D eigenvalue weighted by molar-refractivity contribution is 5.84. The van der Waals surface area contributed by atoms with Crippen molar-refractivity contribution in [2.45, 2.75) is 18.9 Å². The Morgan fingerprint density at radius 3 is 2.68 bits per heavy atom. The van der Waals surface area contributed by atoms with E-state index in [4.69, 9.17) is 9.84 Å². The molecule has 120 valence electrons. The maximum atomic E-state index is 12.3. The van der Waals surface area contributed by atoms with Crippen molar-refractivity contribution in [2.24, 2.45) is 5.92 Å². The van der Waals surface area contributed by atoms with Gasteiger partial charge in [0, 0.05) is 20.0 Å². The molecule has 0 radical (unpaired) electrons. The van der Waals surface area contributed by atoms with E-state index in [9.17, 15) is 9.59 Å². The maximum Gasteiger partial charge on any atom is 0.225 e. The Kier molecular flexibility index (Phi) is 5.38. The average Bonchev–Trinajstić information content (AvgIpc) is 2.55. The molecule has 1 aliphatic rings. The van der Waals surface area contributed by atoms with Gasteiger partial charge in [-0.3, -0.25) is 9.59 Å². The molecule has 1 heterocycles. The molecule has 0 bridgehead atoms. The third-order valence-electron chi connectivity index (χ3n) is 4.07. The fourth-order valence-electron chi connectivity index (χ4n) is 2.88. The Bertz CT molecular complexity index is 529. The van der Waals surface area contributed by atoms with E-state index in [0.717, 1.165) is 11.3 Å². The van der Waals surface area contributed by atoms with Gasteiger partial charge in [-0.05, 0) is 24.1 Å². The maximum absolute atomic E-state index is 12.3. The Morgan fingerprint density at radius 2 is 2.09 bits per heavy atom. The SMILES string of the molecule is COc1ccc([C@@H]2[C@@H](C(=O)NCCO)CCC(=O)N2C)cc1. The number of nitrogens with zero attached hydrogens (tertiary/aromatic N) is 1. The molecule has 1 aromatic rings. The second kappa shape index (κ2) is 7.26. The molecule has 2 rings (SSSR count). The minimum atomic E-state index is -0.317. The van der Waals surface area contributed by atoms with Crippen LogP contribution in [0.3, 0.4) is 0 Å². The predicted octanol–water partition coefficient (Wildman–Crippen LogP) is 0.713. The number of aliphatic hydroxyl groups excluding tert-OH is 1. The van der Waals surface area contributed by atoms with Crippen molar-refractivity contribution in [3.8, 4) is 5.75 Å². The zero-order valence-electron chi connectivity index (χ0n) is 12.9. The Morgan fingerprint density at radius 1 is 1.41 bits per heavy atom. The fourth-order valence-corrected chi connectivity index (χ4v) is 2.88. The minimum Gasteiger partial charge on any atom is -0.497 e. The number of ether oxygens (including phenoxy) is 1. The van der Waals surface area contributed by atoms with Crippen LogP contribution in [-0.4, -0.2) is 49.1 Å². The van der Waals surface area contributed by atoms with E-state index in [2.05, 4.69) is 5.32 Å². The first-order valence-corrected chi connectivity index (χ1v) is 7.36. The highest BCUT2D eigenvalue weighted by Crippen LogP contribution is 2.36. The lowest BCUT2D eigenvalue weighted by atomic mass is 9.84. The molecular weight excluding hydrogens is 284 g/mol. The number of rotatable bonds is 5. The molecule has 0 unspecified atom stereocenters. The number of piperidine rings is 1. The van der Waals surface area contributed by atoms with Crippen molar-refractivity contribution in [1.29, 1.82) is 0 Å². The van der Waals surface area contributed by atoms with Gasteiger partial charge >= 0.3 is 0 Å². The normalized spacial score (nSPS) is 21.6. The molecule has 0 spiro atoms. The van der Waals surface area contributed by atoms with Crippen LogP contribution < -0.4 is 10.1 Å². The third kappa shape index (κ3) is 3.39. The number of likely N-dealkylation sites (tertiary alicyclic amines) is 1. The number of carbonyl (C=O) groups excluding carboxylic acids is 2. The Hall–Kier alpha value is -2.08.